The van der Waals surface area contributed by atoms with Crippen LogP contribution in [0.3, 0.4) is 0 Å². The summed E-state index contributed by atoms with van der Waals surface area (Å²) in [6.45, 7) is 0. The van der Waals surface area contributed by atoms with Crippen LogP contribution in [0.25, 0.3) is 0 Å². The van der Waals surface area contributed by atoms with Crippen molar-refractivity contribution in [2.24, 2.45) is 0 Å². The Morgan fingerprint density at radius 1 is 0.704 bits per heavy atom. The molecule has 0 atom stereocenters. The van der Waals surface area contributed by atoms with Crippen molar-refractivity contribution in [3.05, 3.63) is 84.4 Å². The number of benzene rings is 3. The highest BCUT2D eigenvalue weighted by molar-refractivity contribution is 6.04. The standard InChI is InChI=1S/C21H19N3O3/c1-22-21(26)24-17-11-9-16(10-12-17)23-20(25)15-7-13-19(14-8-15)27-18-5-3-2-4-6-18/h2-14H,1H3,(H,23,25)(H2,22,24,26). The summed E-state index contributed by atoms with van der Waals surface area (Å²) >= 11 is 0. The van der Waals surface area contributed by atoms with Crippen LogP contribution >= 0.6 is 0 Å². The minimum atomic E-state index is -0.301. The zero-order valence-corrected chi connectivity index (χ0v) is 14.7. The van der Waals surface area contributed by atoms with E-state index >= 15 is 0 Å². The summed E-state index contributed by atoms with van der Waals surface area (Å²) in [5.41, 5.74) is 1.78. The number of amides is 3. The molecule has 0 saturated heterocycles. The molecule has 0 spiro atoms. The van der Waals surface area contributed by atoms with Gasteiger partial charge in [0.05, 0.1) is 0 Å². The number of carbonyl (C=O) groups is 2. The Bertz CT molecular complexity index is 908. The highest BCUT2D eigenvalue weighted by atomic mass is 16.5. The topological polar surface area (TPSA) is 79.5 Å². The zero-order chi connectivity index (χ0) is 19.1. The van der Waals surface area contributed by atoms with E-state index in [9.17, 15) is 9.59 Å². The molecule has 3 amide bonds. The van der Waals surface area contributed by atoms with Gasteiger partial charge in [0.15, 0.2) is 0 Å². The summed E-state index contributed by atoms with van der Waals surface area (Å²) in [4.78, 5) is 23.6. The Kier molecular flexibility index (Phi) is 5.69. The zero-order valence-electron chi connectivity index (χ0n) is 14.7. The summed E-state index contributed by atoms with van der Waals surface area (Å²) in [6, 6.07) is 22.9. The molecule has 0 bridgehead atoms. The molecular weight excluding hydrogens is 342 g/mol. The number of urea groups is 1. The number of hydrogen-bond donors (Lipinski definition) is 3. The summed E-state index contributed by atoms with van der Waals surface area (Å²) < 4.78 is 5.71. The van der Waals surface area contributed by atoms with Gasteiger partial charge in [-0.05, 0) is 60.7 Å². The Hall–Kier alpha value is -3.80. The van der Waals surface area contributed by atoms with Crippen LogP contribution in [0.1, 0.15) is 10.4 Å². The third kappa shape index (κ3) is 5.09. The molecule has 136 valence electrons. The van der Waals surface area contributed by atoms with Gasteiger partial charge in [0.25, 0.3) is 5.91 Å². The van der Waals surface area contributed by atoms with Crippen LogP contribution in [-0.4, -0.2) is 19.0 Å². The predicted octanol–water partition coefficient (Wildman–Crippen LogP) is 4.48. The van der Waals surface area contributed by atoms with Crippen LogP contribution in [0.4, 0.5) is 16.2 Å². The quantitative estimate of drug-likeness (QED) is 0.627. The van der Waals surface area contributed by atoms with Crippen molar-refractivity contribution in [2.45, 2.75) is 0 Å². The van der Waals surface area contributed by atoms with Crippen LogP contribution in [-0.2, 0) is 0 Å². The number of hydrogen-bond acceptors (Lipinski definition) is 3. The van der Waals surface area contributed by atoms with Gasteiger partial charge in [0.2, 0.25) is 0 Å². The SMILES string of the molecule is CNC(=O)Nc1ccc(NC(=O)c2ccc(Oc3ccccc3)cc2)cc1. The molecule has 0 aliphatic rings. The monoisotopic (exact) mass is 361 g/mol. The molecule has 3 rings (SSSR count). The van der Waals surface area contributed by atoms with Crippen LogP contribution < -0.4 is 20.7 Å². The van der Waals surface area contributed by atoms with Crippen molar-refractivity contribution in [3.63, 3.8) is 0 Å². The first-order valence-corrected chi connectivity index (χ1v) is 8.37. The third-order valence-electron chi connectivity index (χ3n) is 3.72. The van der Waals surface area contributed by atoms with Crippen molar-refractivity contribution in [1.29, 1.82) is 0 Å². The minimum Gasteiger partial charge on any atom is -0.457 e. The number of nitrogens with one attached hydrogen (secondary N) is 3. The second kappa shape index (κ2) is 8.53. The fourth-order valence-corrected chi connectivity index (χ4v) is 2.33. The van der Waals surface area contributed by atoms with E-state index in [0.717, 1.165) is 5.75 Å². The molecule has 3 aromatic carbocycles. The Labute approximate surface area is 157 Å². The van der Waals surface area contributed by atoms with E-state index in [4.69, 9.17) is 4.74 Å². The van der Waals surface area contributed by atoms with E-state index in [2.05, 4.69) is 16.0 Å². The summed E-state index contributed by atoms with van der Waals surface area (Å²) in [7, 11) is 1.54. The first-order valence-electron chi connectivity index (χ1n) is 8.37. The molecule has 0 aliphatic heterocycles. The average Bonchev–Trinajstić information content (AvgIpc) is 2.70. The van der Waals surface area contributed by atoms with Crippen molar-refractivity contribution in [1.82, 2.24) is 5.32 Å². The molecule has 0 aliphatic carbocycles. The maximum atomic E-state index is 12.4. The number of ether oxygens (including phenoxy) is 1. The molecule has 3 aromatic rings. The molecule has 0 unspecified atom stereocenters. The molecule has 6 nitrogen and oxygen atoms in total. The summed E-state index contributed by atoms with van der Waals surface area (Å²) in [5.74, 6) is 1.16. The lowest BCUT2D eigenvalue weighted by Gasteiger charge is -2.09. The van der Waals surface area contributed by atoms with Gasteiger partial charge in [-0.2, -0.15) is 0 Å². The summed E-state index contributed by atoms with van der Waals surface area (Å²) in [5, 5.41) is 7.94. The van der Waals surface area contributed by atoms with Crippen molar-refractivity contribution < 1.29 is 14.3 Å². The second-order valence-corrected chi connectivity index (χ2v) is 5.68. The number of para-hydroxylation sites is 1. The van der Waals surface area contributed by atoms with Crippen LogP contribution in [0.5, 0.6) is 11.5 Å². The van der Waals surface area contributed by atoms with Crippen molar-refractivity contribution in [2.75, 3.05) is 17.7 Å². The lowest BCUT2D eigenvalue weighted by Crippen LogP contribution is -2.24. The maximum absolute atomic E-state index is 12.4. The molecule has 0 aromatic heterocycles. The van der Waals surface area contributed by atoms with Crippen LogP contribution in [0, 0.1) is 0 Å². The number of anilines is 2. The maximum Gasteiger partial charge on any atom is 0.318 e. The average molecular weight is 361 g/mol. The van der Waals surface area contributed by atoms with Gasteiger partial charge in [-0.3, -0.25) is 4.79 Å². The third-order valence-corrected chi connectivity index (χ3v) is 3.72. The van der Waals surface area contributed by atoms with Gasteiger partial charge in [-0.25, -0.2) is 4.79 Å². The highest BCUT2D eigenvalue weighted by Crippen LogP contribution is 2.21. The van der Waals surface area contributed by atoms with E-state index in [0.29, 0.717) is 22.7 Å². The predicted molar refractivity (Wildman–Crippen MR) is 105 cm³/mol. The van der Waals surface area contributed by atoms with Gasteiger partial charge in [-0.1, -0.05) is 18.2 Å². The van der Waals surface area contributed by atoms with Gasteiger partial charge >= 0.3 is 6.03 Å². The first kappa shape index (κ1) is 18.0. The Balaban J connectivity index is 1.60. The smallest absolute Gasteiger partial charge is 0.318 e. The number of rotatable bonds is 5. The fraction of sp³-hybridized carbons (Fsp3) is 0.0476. The lowest BCUT2D eigenvalue weighted by molar-refractivity contribution is 0.102. The fourth-order valence-electron chi connectivity index (χ4n) is 2.33. The molecule has 0 fully saturated rings. The molecule has 3 N–H and O–H groups in total. The second-order valence-electron chi connectivity index (χ2n) is 5.68. The molecule has 0 saturated carbocycles. The van der Waals surface area contributed by atoms with E-state index < -0.39 is 0 Å². The van der Waals surface area contributed by atoms with Crippen LogP contribution in [0.2, 0.25) is 0 Å². The van der Waals surface area contributed by atoms with Gasteiger partial charge in [0.1, 0.15) is 11.5 Å². The first-order chi connectivity index (χ1) is 13.1. The van der Waals surface area contributed by atoms with Gasteiger partial charge in [0, 0.05) is 24.0 Å². The van der Waals surface area contributed by atoms with Crippen molar-refractivity contribution >= 4 is 23.3 Å². The summed E-state index contributed by atoms with van der Waals surface area (Å²) in [6.07, 6.45) is 0. The molecule has 27 heavy (non-hydrogen) atoms. The molecule has 0 heterocycles. The van der Waals surface area contributed by atoms with E-state index in [1.54, 1.807) is 55.6 Å². The molecular formula is C21H19N3O3. The van der Waals surface area contributed by atoms with E-state index in [-0.39, 0.29) is 11.9 Å². The minimum absolute atomic E-state index is 0.228. The lowest BCUT2D eigenvalue weighted by atomic mass is 10.2. The largest absolute Gasteiger partial charge is 0.457 e. The van der Waals surface area contributed by atoms with E-state index in [1.165, 1.54) is 0 Å². The van der Waals surface area contributed by atoms with Gasteiger partial charge in [-0.15, -0.1) is 0 Å². The highest BCUT2D eigenvalue weighted by Gasteiger charge is 2.07. The Morgan fingerprint density at radius 2 is 1.26 bits per heavy atom. The normalized spacial score (nSPS) is 9.96. The van der Waals surface area contributed by atoms with Crippen LogP contribution in [0.15, 0.2) is 78.9 Å². The molecule has 6 heteroatoms. The van der Waals surface area contributed by atoms with E-state index in [1.807, 2.05) is 30.3 Å². The molecule has 0 radical (unpaired) electrons. The van der Waals surface area contributed by atoms with Crippen molar-refractivity contribution in [3.8, 4) is 11.5 Å². The van der Waals surface area contributed by atoms with Gasteiger partial charge < -0.3 is 20.7 Å². The Morgan fingerprint density at radius 3 is 1.85 bits per heavy atom. The number of carbonyl (C=O) groups excluding carboxylic acids is 2.